The Labute approximate surface area is 227 Å². The number of aromatic amines is 1. The van der Waals surface area contributed by atoms with Crippen molar-refractivity contribution in [3.63, 3.8) is 0 Å². The van der Waals surface area contributed by atoms with Gasteiger partial charge in [0.2, 0.25) is 0 Å². The highest BCUT2D eigenvalue weighted by atomic mass is 32.1. The molecule has 1 aliphatic carbocycles. The third kappa shape index (κ3) is 5.75. The van der Waals surface area contributed by atoms with E-state index in [-0.39, 0.29) is 0 Å². The molecule has 0 aromatic carbocycles. The van der Waals surface area contributed by atoms with Crippen LogP contribution in [0.25, 0.3) is 33.4 Å². The number of imidazole rings is 1. The van der Waals surface area contributed by atoms with Crippen molar-refractivity contribution in [2.75, 3.05) is 12.3 Å². The number of hydrogen-bond donors (Lipinski definition) is 3. The van der Waals surface area contributed by atoms with Crippen LogP contribution < -0.4 is 11.1 Å². The van der Waals surface area contributed by atoms with Crippen molar-refractivity contribution in [2.45, 2.75) is 38.6 Å². The van der Waals surface area contributed by atoms with Gasteiger partial charge in [0.25, 0.3) is 0 Å². The Morgan fingerprint density at radius 2 is 1.87 bits per heavy atom. The van der Waals surface area contributed by atoms with Gasteiger partial charge in [-0.05, 0) is 60.5 Å². The molecule has 1 saturated carbocycles. The third-order valence-corrected chi connectivity index (χ3v) is 7.65. The van der Waals surface area contributed by atoms with Crippen molar-refractivity contribution in [2.24, 2.45) is 5.92 Å². The minimum absolute atomic E-state index is 0.512. The minimum atomic E-state index is 0.512. The molecule has 7 nitrogen and oxygen atoms in total. The van der Waals surface area contributed by atoms with Gasteiger partial charge in [-0.3, -0.25) is 9.97 Å². The van der Waals surface area contributed by atoms with E-state index in [0.29, 0.717) is 12.2 Å². The number of nitrogens with one attached hydrogen (secondary N) is 2. The normalized spacial score (nSPS) is 13.4. The number of nitrogens with two attached hydrogens (primary N) is 1. The van der Waals surface area contributed by atoms with Gasteiger partial charge in [-0.2, -0.15) is 11.3 Å². The van der Waals surface area contributed by atoms with Gasteiger partial charge < -0.3 is 16.0 Å². The van der Waals surface area contributed by atoms with Crippen molar-refractivity contribution in [1.29, 1.82) is 0 Å². The number of rotatable bonds is 8. The second-order valence-corrected chi connectivity index (χ2v) is 10.3. The van der Waals surface area contributed by atoms with Crippen LogP contribution >= 0.6 is 11.3 Å². The Morgan fingerprint density at radius 3 is 2.68 bits per heavy atom. The largest absolute Gasteiger partial charge is 0.383 e. The van der Waals surface area contributed by atoms with E-state index in [1.165, 1.54) is 31.2 Å². The van der Waals surface area contributed by atoms with Crippen LogP contribution in [-0.2, 0) is 13.0 Å². The summed E-state index contributed by atoms with van der Waals surface area (Å²) in [5.41, 5.74) is 14.2. The SMILES string of the molecule is C#C.Nc1ncc(-c2cncc(CNCC3CCCC3)c2)cc1Cc1nc2c(-c3ccsc3)nccc2[nH]1. The second-order valence-electron chi connectivity index (χ2n) is 9.56. The summed E-state index contributed by atoms with van der Waals surface area (Å²) >= 11 is 1.65. The van der Waals surface area contributed by atoms with E-state index < -0.39 is 0 Å². The predicted molar refractivity (Wildman–Crippen MR) is 155 cm³/mol. The van der Waals surface area contributed by atoms with Crippen molar-refractivity contribution in [3.05, 3.63) is 76.8 Å². The molecule has 0 radical (unpaired) electrons. The van der Waals surface area contributed by atoms with Crippen LogP contribution in [-0.4, -0.2) is 31.5 Å². The van der Waals surface area contributed by atoms with Crippen LogP contribution in [0.4, 0.5) is 5.82 Å². The molecule has 5 heterocycles. The van der Waals surface area contributed by atoms with Crippen molar-refractivity contribution in [1.82, 2.24) is 30.2 Å². The van der Waals surface area contributed by atoms with Crippen LogP contribution in [0.1, 0.15) is 42.6 Å². The Balaban J connectivity index is 0.00000144. The summed E-state index contributed by atoms with van der Waals surface area (Å²) in [7, 11) is 0. The van der Waals surface area contributed by atoms with E-state index in [1.54, 1.807) is 11.3 Å². The molecule has 0 amide bonds. The van der Waals surface area contributed by atoms with Gasteiger partial charge in [0.05, 0.1) is 11.2 Å². The summed E-state index contributed by atoms with van der Waals surface area (Å²) < 4.78 is 0. The number of aromatic nitrogens is 5. The van der Waals surface area contributed by atoms with Gasteiger partial charge in [-0.25, -0.2) is 9.97 Å². The van der Waals surface area contributed by atoms with E-state index in [9.17, 15) is 0 Å². The van der Waals surface area contributed by atoms with Crippen LogP contribution in [0.5, 0.6) is 0 Å². The van der Waals surface area contributed by atoms with Crippen LogP contribution in [0.15, 0.2) is 59.8 Å². The number of hydrogen-bond acceptors (Lipinski definition) is 7. The van der Waals surface area contributed by atoms with Gasteiger partial charge in [-0.1, -0.05) is 12.8 Å². The summed E-state index contributed by atoms with van der Waals surface area (Å²) in [5, 5.41) is 7.75. The highest BCUT2D eigenvalue weighted by Crippen LogP contribution is 2.29. The lowest BCUT2D eigenvalue weighted by molar-refractivity contribution is 0.489. The molecule has 0 saturated heterocycles. The molecule has 0 unspecified atom stereocenters. The molecule has 6 rings (SSSR count). The summed E-state index contributed by atoms with van der Waals surface area (Å²) in [6, 6.07) is 8.31. The maximum atomic E-state index is 6.28. The van der Waals surface area contributed by atoms with E-state index >= 15 is 0 Å². The number of H-pyrrole nitrogens is 1. The van der Waals surface area contributed by atoms with Gasteiger partial charge in [-0.15, -0.1) is 12.8 Å². The second kappa shape index (κ2) is 12.0. The van der Waals surface area contributed by atoms with Gasteiger partial charge >= 0.3 is 0 Å². The average Bonchev–Trinajstić information content (AvgIpc) is 3.73. The summed E-state index contributed by atoms with van der Waals surface area (Å²) in [6.45, 7) is 1.91. The van der Waals surface area contributed by atoms with E-state index in [4.69, 9.17) is 10.7 Å². The minimum Gasteiger partial charge on any atom is -0.383 e. The fraction of sp³-hybridized carbons (Fsp3) is 0.267. The van der Waals surface area contributed by atoms with Crippen molar-refractivity contribution >= 4 is 28.2 Å². The van der Waals surface area contributed by atoms with Gasteiger partial charge in [0, 0.05) is 65.4 Å². The average molecular weight is 522 g/mol. The molecule has 5 aromatic heterocycles. The Kier molecular flexibility index (Phi) is 8.07. The first-order valence-corrected chi connectivity index (χ1v) is 13.8. The lowest BCUT2D eigenvalue weighted by Crippen LogP contribution is -2.20. The predicted octanol–water partition coefficient (Wildman–Crippen LogP) is 5.85. The van der Waals surface area contributed by atoms with Crippen molar-refractivity contribution < 1.29 is 0 Å². The molecule has 0 bridgehead atoms. The number of terminal acetylenes is 1. The molecule has 5 aromatic rings. The zero-order chi connectivity index (χ0) is 26.3. The number of pyridine rings is 3. The summed E-state index contributed by atoms with van der Waals surface area (Å²) in [6.07, 6.45) is 21.5. The first-order valence-electron chi connectivity index (χ1n) is 12.8. The zero-order valence-corrected chi connectivity index (χ0v) is 22.0. The molecule has 38 heavy (non-hydrogen) atoms. The smallest absolute Gasteiger partial charge is 0.127 e. The van der Waals surface area contributed by atoms with E-state index in [1.807, 2.05) is 30.9 Å². The molecule has 192 valence electrons. The first-order chi connectivity index (χ1) is 18.7. The van der Waals surface area contributed by atoms with Gasteiger partial charge in [0.15, 0.2) is 0 Å². The standard InChI is InChI=1S/C28H29N7S.C2H2/c29-28-21(11-25-34-24-5-7-32-26(27(24)35-25)20-6-8-36-17-20)10-23(16-33-28)22-9-19(14-31-15-22)13-30-12-18-3-1-2-4-18;1-2/h5-10,14-18,30H,1-4,11-13H2,(H2,29,33)(H,34,35);1-2H. The maximum absolute atomic E-state index is 6.28. The molecular weight excluding hydrogens is 490 g/mol. The Morgan fingerprint density at radius 1 is 1.03 bits per heavy atom. The van der Waals surface area contributed by atoms with Crippen LogP contribution in [0.3, 0.4) is 0 Å². The fourth-order valence-electron chi connectivity index (χ4n) is 5.06. The van der Waals surface area contributed by atoms with Gasteiger partial charge in [0.1, 0.15) is 17.2 Å². The molecule has 0 spiro atoms. The highest BCUT2D eigenvalue weighted by Gasteiger charge is 2.15. The van der Waals surface area contributed by atoms with Crippen LogP contribution in [0.2, 0.25) is 0 Å². The number of thiophene rings is 1. The number of nitrogen functional groups attached to an aromatic ring is 1. The lowest BCUT2D eigenvalue weighted by atomic mass is 10.0. The topological polar surface area (TPSA) is 105 Å². The van der Waals surface area contributed by atoms with Crippen molar-refractivity contribution in [3.8, 4) is 35.2 Å². The number of anilines is 1. The van der Waals surface area contributed by atoms with E-state index in [0.717, 1.165) is 63.8 Å². The van der Waals surface area contributed by atoms with E-state index in [2.05, 4.69) is 67.1 Å². The molecule has 0 aliphatic heterocycles. The zero-order valence-electron chi connectivity index (χ0n) is 21.2. The molecule has 1 aliphatic rings. The fourth-order valence-corrected chi connectivity index (χ4v) is 5.70. The summed E-state index contributed by atoms with van der Waals surface area (Å²) in [4.78, 5) is 21.9. The summed E-state index contributed by atoms with van der Waals surface area (Å²) in [5.74, 6) is 2.17. The Hall–Kier alpha value is -4.06. The Bertz CT molecular complexity index is 1510. The highest BCUT2D eigenvalue weighted by molar-refractivity contribution is 7.08. The lowest BCUT2D eigenvalue weighted by Gasteiger charge is -2.11. The molecular formula is C30H31N7S. The molecule has 8 heteroatoms. The monoisotopic (exact) mass is 521 g/mol. The maximum Gasteiger partial charge on any atom is 0.127 e. The molecule has 4 N–H and O–H groups in total. The van der Waals surface area contributed by atoms with Crippen LogP contribution in [0, 0.1) is 18.8 Å². The first kappa shape index (κ1) is 25.6. The number of fused-ring (bicyclic) bond motifs is 1. The number of nitrogens with zero attached hydrogens (tertiary/aromatic N) is 4. The third-order valence-electron chi connectivity index (χ3n) is 6.97. The molecule has 0 atom stereocenters. The molecule has 1 fully saturated rings. The quantitative estimate of drug-likeness (QED) is 0.221.